The number of rotatable bonds is 5. The maximum atomic E-state index is 11.7. The molecule has 17 heavy (non-hydrogen) atoms. The molecule has 0 spiro atoms. The summed E-state index contributed by atoms with van der Waals surface area (Å²) in [7, 11) is 0. The van der Waals surface area contributed by atoms with Gasteiger partial charge in [0.05, 0.1) is 25.2 Å². The Bertz CT molecular complexity index is 248. The van der Waals surface area contributed by atoms with E-state index in [0.29, 0.717) is 25.2 Å². The van der Waals surface area contributed by atoms with E-state index in [1.54, 1.807) is 0 Å². The zero-order valence-electron chi connectivity index (χ0n) is 10.4. The molecule has 98 valence electrons. The third-order valence-corrected chi connectivity index (χ3v) is 3.28. The number of hydrogen-bond acceptors (Lipinski definition) is 4. The number of nitrogens with one attached hydrogen (secondary N) is 2. The first-order valence-corrected chi connectivity index (χ1v) is 6.51. The first-order valence-electron chi connectivity index (χ1n) is 6.51. The summed E-state index contributed by atoms with van der Waals surface area (Å²) in [4.78, 5) is 11.7. The van der Waals surface area contributed by atoms with Crippen LogP contribution in [0.25, 0.3) is 0 Å². The van der Waals surface area contributed by atoms with Crippen LogP contribution in [-0.2, 0) is 14.3 Å². The highest BCUT2D eigenvalue weighted by atomic mass is 16.5. The van der Waals surface area contributed by atoms with Gasteiger partial charge in [0.15, 0.2) is 0 Å². The van der Waals surface area contributed by atoms with Crippen molar-refractivity contribution in [2.24, 2.45) is 0 Å². The second kappa shape index (κ2) is 6.33. The molecule has 0 radical (unpaired) electrons. The molecule has 0 aromatic heterocycles. The molecule has 5 heteroatoms. The number of carbonyl (C=O) groups is 1. The summed E-state index contributed by atoms with van der Waals surface area (Å²) in [5.74, 6) is 0.0960. The molecule has 0 aromatic rings. The van der Waals surface area contributed by atoms with Crippen molar-refractivity contribution in [2.75, 3.05) is 26.3 Å². The van der Waals surface area contributed by atoms with E-state index >= 15 is 0 Å². The van der Waals surface area contributed by atoms with E-state index in [9.17, 15) is 4.79 Å². The van der Waals surface area contributed by atoms with Crippen molar-refractivity contribution in [1.29, 1.82) is 0 Å². The topological polar surface area (TPSA) is 59.6 Å². The molecule has 1 amide bonds. The minimum atomic E-state index is 0.0338. The smallest absolute Gasteiger partial charge is 0.222 e. The van der Waals surface area contributed by atoms with Crippen LogP contribution in [0.5, 0.6) is 0 Å². The molecule has 1 heterocycles. The average molecular weight is 242 g/mol. The van der Waals surface area contributed by atoms with E-state index < -0.39 is 0 Å². The lowest BCUT2D eigenvalue weighted by Gasteiger charge is -2.35. The van der Waals surface area contributed by atoms with Crippen LogP contribution in [0.2, 0.25) is 0 Å². The fraction of sp³-hybridized carbons (Fsp3) is 0.917. The van der Waals surface area contributed by atoms with Crippen molar-refractivity contribution in [1.82, 2.24) is 10.6 Å². The Morgan fingerprint density at radius 2 is 2.35 bits per heavy atom. The maximum Gasteiger partial charge on any atom is 0.222 e. The molecule has 1 atom stereocenters. The molecule has 1 aliphatic heterocycles. The zero-order chi connectivity index (χ0) is 12.1. The molecule has 0 bridgehead atoms. The first-order chi connectivity index (χ1) is 8.28. The summed E-state index contributed by atoms with van der Waals surface area (Å²) < 4.78 is 10.9. The molecule has 2 aliphatic rings. The molecule has 1 saturated heterocycles. The largest absolute Gasteiger partial charge is 0.378 e. The highest BCUT2D eigenvalue weighted by molar-refractivity contribution is 5.76. The van der Waals surface area contributed by atoms with E-state index in [-0.39, 0.29) is 12.0 Å². The molecule has 2 rings (SSSR count). The maximum absolute atomic E-state index is 11.7. The molecule has 1 unspecified atom stereocenters. The minimum absolute atomic E-state index is 0.0338. The molecule has 0 aromatic carbocycles. The van der Waals surface area contributed by atoms with Gasteiger partial charge in [-0.1, -0.05) is 0 Å². The molecule has 2 fully saturated rings. The van der Waals surface area contributed by atoms with Gasteiger partial charge in [-0.15, -0.1) is 0 Å². The second-order valence-electron chi connectivity index (χ2n) is 4.71. The van der Waals surface area contributed by atoms with Gasteiger partial charge in [0.1, 0.15) is 0 Å². The molecule has 1 saturated carbocycles. The second-order valence-corrected chi connectivity index (χ2v) is 4.71. The summed E-state index contributed by atoms with van der Waals surface area (Å²) in [5, 5.41) is 6.25. The summed E-state index contributed by atoms with van der Waals surface area (Å²) in [6.45, 7) is 5.12. The molecule has 1 aliphatic carbocycles. The lowest BCUT2D eigenvalue weighted by atomic mass is 9.89. The van der Waals surface area contributed by atoms with Gasteiger partial charge in [-0.2, -0.15) is 0 Å². The molecule has 2 N–H and O–H groups in total. The third-order valence-electron chi connectivity index (χ3n) is 3.28. The van der Waals surface area contributed by atoms with Gasteiger partial charge in [-0.25, -0.2) is 0 Å². The van der Waals surface area contributed by atoms with Crippen LogP contribution < -0.4 is 10.6 Å². The van der Waals surface area contributed by atoms with Crippen LogP contribution in [0.4, 0.5) is 0 Å². The van der Waals surface area contributed by atoms with Crippen LogP contribution in [0.15, 0.2) is 0 Å². The van der Waals surface area contributed by atoms with Gasteiger partial charge >= 0.3 is 0 Å². The third kappa shape index (κ3) is 3.94. The first kappa shape index (κ1) is 12.8. The van der Waals surface area contributed by atoms with Crippen LogP contribution >= 0.6 is 0 Å². The highest BCUT2D eigenvalue weighted by Crippen LogP contribution is 2.23. The predicted molar refractivity (Wildman–Crippen MR) is 63.8 cm³/mol. The van der Waals surface area contributed by atoms with Gasteiger partial charge in [0.25, 0.3) is 0 Å². The van der Waals surface area contributed by atoms with E-state index in [2.05, 4.69) is 10.6 Å². The standard InChI is InChI=1S/C12H22N2O3/c1-2-16-10-5-9(6-10)14-12(15)7-11-8-13-3-4-17-11/h9-11,13H,2-8H2,1H3,(H,14,15). The van der Waals surface area contributed by atoms with E-state index in [4.69, 9.17) is 9.47 Å². The Morgan fingerprint density at radius 3 is 3.00 bits per heavy atom. The Labute approximate surface area is 102 Å². The Balaban J connectivity index is 1.58. The quantitative estimate of drug-likeness (QED) is 0.715. The molecular formula is C12H22N2O3. The normalized spacial score (nSPS) is 32.9. The fourth-order valence-electron chi connectivity index (χ4n) is 2.30. The average Bonchev–Trinajstić information content (AvgIpc) is 2.27. The van der Waals surface area contributed by atoms with Gasteiger partial charge in [0.2, 0.25) is 5.91 Å². The lowest BCUT2D eigenvalue weighted by molar-refractivity contribution is -0.127. The zero-order valence-corrected chi connectivity index (χ0v) is 10.4. The van der Waals surface area contributed by atoms with E-state index in [0.717, 1.165) is 32.5 Å². The van der Waals surface area contributed by atoms with Crippen molar-refractivity contribution >= 4 is 5.91 Å². The SMILES string of the molecule is CCOC1CC(NC(=O)CC2CNCCO2)C1. The van der Waals surface area contributed by atoms with Crippen molar-refractivity contribution in [2.45, 2.75) is 44.4 Å². The monoisotopic (exact) mass is 242 g/mol. The number of ether oxygens (including phenoxy) is 2. The highest BCUT2D eigenvalue weighted by Gasteiger charge is 2.31. The predicted octanol–water partition coefficient (Wildman–Crippen LogP) is 0.0486. The number of morpholine rings is 1. The molecular weight excluding hydrogens is 220 g/mol. The van der Waals surface area contributed by atoms with Gasteiger partial charge in [-0.3, -0.25) is 4.79 Å². The van der Waals surface area contributed by atoms with Gasteiger partial charge in [-0.05, 0) is 19.8 Å². The fourth-order valence-corrected chi connectivity index (χ4v) is 2.30. The van der Waals surface area contributed by atoms with Crippen LogP contribution in [0, 0.1) is 0 Å². The van der Waals surface area contributed by atoms with Crippen LogP contribution in [0.3, 0.4) is 0 Å². The van der Waals surface area contributed by atoms with Crippen molar-refractivity contribution in [3.8, 4) is 0 Å². The summed E-state index contributed by atoms with van der Waals surface area (Å²) in [6, 6.07) is 0.301. The van der Waals surface area contributed by atoms with Crippen LogP contribution in [-0.4, -0.2) is 50.5 Å². The van der Waals surface area contributed by atoms with Crippen LogP contribution in [0.1, 0.15) is 26.2 Å². The minimum Gasteiger partial charge on any atom is -0.378 e. The number of hydrogen-bond donors (Lipinski definition) is 2. The number of carbonyl (C=O) groups excluding carboxylic acids is 1. The Hall–Kier alpha value is -0.650. The van der Waals surface area contributed by atoms with Gasteiger partial charge < -0.3 is 20.1 Å². The van der Waals surface area contributed by atoms with Crippen molar-refractivity contribution < 1.29 is 14.3 Å². The number of amides is 1. The van der Waals surface area contributed by atoms with Crippen molar-refractivity contribution in [3.05, 3.63) is 0 Å². The summed E-state index contributed by atoms with van der Waals surface area (Å²) >= 11 is 0. The van der Waals surface area contributed by atoms with E-state index in [1.807, 2.05) is 6.92 Å². The Morgan fingerprint density at radius 1 is 1.53 bits per heavy atom. The molecule has 5 nitrogen and oxygen atoms in total. The Kier molecular flexibility index (Phi) is 4.76. The van der Waals surface area contributed by atoms with Crippen molar-refractivity contribution in [3.63, 3.8) is 0 Å². The van der Waals surface area contributed by atoms with Gasteiger partial charge in [0, 0.05) is 25.7 Å². The lowest BCUT2D eigenvalue weighted by Crippen LogP contribution is -2.49. The summed E-state index contributed by atoms with van der Waals surface area (Å²) in [6.07, 6.45) is 2.74. The summed E-state index contributed by atoms with van der Waals surface area (Å²) in [5.41, 5.74) is 0. The van der Waals surface area contributed by atoms with E-state index in [1.165, 1.54) is 0 Å².